The molecule has 0 atom stereocenters. The zero-order valence-corrected chi connectivity index (χ0v) is 14.5. The van der Waals surface area contributed by atoms with E-state index in [2.05, 4.69) is 10.9 Å². The largest absolute Gasteiger partial charge is 0.490 e. The lowest BCUT2D eigenvalue weighted by Crippen LogP contribution is -2.43. The normalized spacial score (nSPS) is 10.1. The van der Waals surface area contributed by atoms with Crippen molar-refractivity contribution in [1.29, 1.82) is 0 Å². The standard InChI is InChI=1S/C19H21FN2O4/c1-2-25-16-8-3-4-9-17(16)26-13-19(24)22-21-18(23)11-10-14-6-5-7-15(20)12-14/h3-9,12H,2,10-11,13H2,1H3,(H,21,23)(H,22,24). The van der Waals surface area contributed by atoms with Crippen molar-refractivity contribution in [1.82, 2.24) is 10.9 Å². The predicted octanol–water partition coefficient (Wildman–Crippen LogP) is 2.38. The van der Waals surface area contributed by atoms with E-state index >= 15 is 0 Å². The van der Waals surface area contributed by atoms with E-state index in [0.717, 1.165) is 0 Å². The molecule has 0 aliphatic rings. The van der Waals surface area contributed by atoms with Crippen LogP contribution in [0.2, 0.25) is 0 Å². The summed E-state index contributed by atoms with van der Waals surface area (Å²) in [6, 6.07) is 13.0. The number of amides is 2. The van der Waals surface area contributed by atoms with Crippen LogP contribution in [0.1, 0.15) is 18.9 Å². The second-order valence-electron chi connectivity index (χ2n) is 5.39. The highest BCUT2D eigenvalue weighted by molar-refractivity contribution is 5.82. The number of nitrogens with one attached hydrogen (secondary N) is 2. The molecule has 0 heterocycles. The predicted molar refractivity (Wildman–Crippen MR) is 94.1 cm³/mol. The molecule has 6 nitrogen and oxygen atoms in total. The topological polar surface area (TPSA) is 76.7 Å². The van der Waals surface area contributed by atoms with Crippen molar-refractivity contribution in [3.63, 3.8) is 0 Å². The monoisotopic (exact) mass is 360 g/mol. The zero-order valence-electron chi connectivity index (χ0n) is 14.5. The second kappa shape index (κ2) is 10.0. The van der Waals surface area contributed by atoms with E-state index in [0.29, 0.717) is 30.1 Å². The van der Waals surface area contributed by atoms with Crippen LogP contribution in [-0.2, 0) is 16.0 Å². The van der Waals surface area contributed by atoms with Crippen molar-refractivity contribution < 1.29 is 23.5 Å². The Kier molecular flexibility index (Phi) is 7.42. The van der Waals surface area contributed by atoms with E-state index in [9.17, 15) is 14.0 Å². The van der Waals surface area contributed by atoms with Gasteiger partial charge in [0.05, 0.1) is 6.61 Å². The van der Waals surface area contributed by atoms with Crippen LogP contribution >= 0.6 is 0 Å². The molecule has 0 bridgehead atoms. The van der Waals surface area contributed by atoms with Gasteiger partial charge in [-0.3, -0.25) is 20.4 Å². The number of aryl methyl sites for hydroxylation is 1. The SMILES string of the molecule is CCOc1ccccc1OCC(=O)NNC(=O)CCc1cccc(F)c1. The van der Waals surface area contributed by atoms with E-state index in [-0.39, 0.29) is 24.8 Å². The molecule has 0 aromatic heterocycles. The molecule has 0 unspecified atom stereocenters. The number of hydrogen-bond acceptors (Lipinski definition) is 4. The minimum atomic E-state index is -0.504. The first-order chi connectivity index (χ1) is 12.6. The molecule has 2 N–H and O–H groups in total. The highest BCUT2D eigenvalue weighted by Gasteiger charge is 2.09. The number of hydrogen-bond donors (Lipinski definition) is 2. The van der Waals surface area contributed by atoms with Gasteiger partial charge in [-0.2, -0.15) is 0 Å². The van der Waals surface area contributed by atoms with Crippen LogP contribution in [0.5, 0.6) is 11.5 Å². The maximum absolute atomic E-state index is 13.1. The van der Waals surface area contributed by atoms with Gasteiger partial charge < -0.3 is 9.47 Å². The van der Waals surface area contributed by atoms with Crippen molar-refractivity contribution in [3.8, 4) is 11.5 Å². The average molecular weight is 360 g/mol. The van der Waals surface area contributed by atoms with Crippen molar-refractivity contribution in [3.05, 3.63) is 59.9 Å². The number of benzene rings is 2. The van der Waals surface area contributed by atoms with Crippen LogP contribution in [0.25, 0.3) is 0 Å². The van der Waals surface area contributed by atoms with Gasteiger partial charge in [0.15, 0.2) is 18.1 Å². The van der Waals surface area contributed by atoms with Crippen molar-refractivity contribution in [2.45, 2.75) is 19.8 Å². The molecule has 0 saturated heterocycles. The first kappa shape index (κ1) is 19.2. The van der Waals surface area contributed by atoms with Crippen LogP contribution in [0.4, 0.5) is 4.39 Å². The van der Waals surface area contributed by atoms with Crippen LogP contribution in [0, 0.1) is 5.82 Å². The molecule has 0 aliphatic heterocycles. The molecule has 138 valence electrons. The number of carbonyl (C=O) groups excluding carboxylic acids is 2. The molecule has 7 heteroatoms. The Morgan fingerprint density at radius 1 is 0.962 bits per heavy atom. The third-order valence-electron chi connectivity index (χ3n) is 3.38. The van der Waals surface area contributed by atoms with Gasteiger partial charge in [-0.1, -0.05) is 24.3 Å². The third kappa shape index (κ3) is 6.43. The summed E-state index contributed by atoms with van der Waals surface area (Å²) in [5, 5.41) is 0. The summed E-state index contributed by atoms with van der Waals surface area (Å²) in [4.78, 5) is 23.5. The average Bonchev–Trinajstić information content (AvgIpc) is 2.64. The number of hydrazine groups is 1. The van der Waals surface area contributed by atoms with Crippen LogP contribution in [-0.4, -0.2) is 25.0 Å². The third-order valence-corrected chi connectivity index (χ3v) is 3.38. The maximum atomic E-state index is 13.1. The van der Waals surface area contributed by atoms with Crippen molar-refractivity contribution in [2.75, 3.05) is 13.2 Å². The summed E-state index contributed by atoms with van der Waals surface area (Å²) < 4.78 is 23.9. The van der Waals surface area contributed by atoms with Crippen LogP contribution < -0.4 is 20.3 Å². The lowest BCUT2D eigenvalue weighted by atomic mass is 10.1. The quantitative estimate of drug-likeness (QED) is 0.709. The molecule has 0 radical (unpaired) electrons. The summed E-state index contributed by atoms with van der Waals surface area (Å²) in [5.41, 5.74) is 5.28. The Labute approximate surface area is 151 Å². The van der Waals surface area contributed by atoms with E-state index in [4.69, 9.17) is 9.47 Å². The molecule has 0 spiro atoms. The van der Waals surface area contributed by atoms with Gasteiger partial charge in [0.25, 0.3) is 5.91 Å². The molecule has 2 aromatic rings. The van der Waals surface area contributed by atoms with Gasteiger partial charge in [0, 0.05) is 6.42 Å². The Balaban J connectivity index is 1.70. The zero-order chi connectivity index (χ0) is 18.8. The minimum Gasteiger partial charge on any atom is -0.490 e. The summed E-state index contributed by atoms with van der Waals surface area (Å²) in [6.07, 6.45) is 0.495. The Morgan fingerprint density at radius 2 is 1.65 bits per heavy atom. The second-order valence-corrected chi connectivity index (χ2v) is 5.39. The van der Waals surface area contributed by atoms with E-state index in [1.54, 1.807) is 36.4 Å². The van der Waals surface area contributed by atoms with Gasteiger partial charge >= 0.3 is 0 Å². The first-order valence-corrected chi connectivity index (χ1v) is 8.25. The summed E-state index contributed by atoms with van der Waals surface area (Å²) in [7, 11) is 0. The number of para-hydroxylation sites is 2. The maximum Gasteiger partial charge on any atom is 0.276 e. The van der Waals surface area contributed by atoms with E-state index in [1.165, 1.54) is 12.1 Å². The van der Waals surface area contributed by atoms with Gasteiger partial charge in [0.1, 0.15) is 5.82 Å². The van der Waals surface area contributed by atoms with Crippen molar-refractivity contribution in [2.24, 2.45) is 0 Å². The van der Waals surface area contributed by atoms with Gasteiger partial charge in [-0.25, -0.2) is 4.39 Å². The summed E-state index contributed by atoms with van der Waals surface area (Å²) >= 11 is 0. The summed E-state index contributed by atoms with van der Waals surface area (Å²) in [6.45, 7) is 2.06. The first-order valence-electron chi connectivity index (χ1n) is 8.25. The van der Waals surface area contributed by atoms with E-state index in [1.807, 2.05) is 6.92 Å². The molecule has 2 amide bonds. The molecule has 0 aliphatic carbocycles. The number of ether oxygens (including phenoxy) is 2. The fraction of sp³-hybridized carbons (Fsp3) is 0.263. The van der Waals surface area contributed by atoms with Gasteiger partial charge in [-0.05, 0) is 43.2 Å². The number of carbonyl (C=O) groups is 2. The molecule has 2 aromatic carbocycles. The molecule has 2 rings (SSSR count). The molecular formula is C19H21FN2O4. The molecule has 0 saturated carbocycles. The van der Waals surface area contributed by atoms with Crippen LogP contribution in [0.15, 0.2) is 48.5 Å². The lowest BCUT2D eigenvalue weighted by Gasteiger charge is -2.12. The Morgan fingerprint density at radius 3 is 2.35 bits per heavy atom. The fourth-order valence-electron chi connectivity index (χ4n) is 2.18. The highest BCUT2D eigenvalue weighted by atomic mass is 19.1. The fourth-order valence-corrected chi connectivity index (χ4v) is 2.18. The van der Waals surface area contributed by atoms with Crippen LogP contribution in [0.3, 0.4) is 0 Å². The molecule has 26 heavy (non-hydrogen) atoms. The smallest absolute Gasteiger partial charge is 0.276 e. The lowest BCUT2D eigenvalue weighted by molar-refractivity contribution is -0.130. The number of halogens is 1. The summed E-state index contributed by atoms with van der Waals surface area (Å²) in [5.74, 6) is -0.239. The Bertz CT molecular complexity index is 752. The van der Waals surface area contributed by atoms with Crippen molar-refractivity contribution >= 4 is 11.8 Å². The molecular weight excluding hydrogens is 339 g/mol. The van der Waals surface area contributed by atoms with E-state index < -0.39 is 5.91 Å². The Hall–Kier alpha value is -3.09. The highest BCUT2D eigenvalue weighted by Crippen LogP contribution is 2.26. The van der Waals surface area contributed by atoms with Gasteiger partial charge in [0.2, 0.25) is 5.91 Å². The molecule has 0 fully saturated rings. The number of rotatable bonds is 8. The van der Waals surface area contributed by atoms with Gasteiger partial charge in [-0.15, -0.1) is 0 Å². The minimum absolute atomic E-state index is 0.123.